The van der Waals surface area contributed by atoms with Crippen molar-refractivity contribution >= 4 is 110 Å². The van der Waals surface area contributed by atoms with Crippen molar-refractivity contribution in [1.82, 2.24) is 67.4 Å². The number of unbranched alkanes of at least 4 members (excludes halogenated alkanes) is 1. The molecule has 100 heavy (non-hydrogen) atoms. The SMILES string of the molecule is NCCCC[C@@H]1NC(=O)CCSCc2cccc(c2)CSC[C@H](C(N)=O)NC(=O)[C@@H]2CCCN2C(=O)[C@H](Cc2ccc(O)cc2)NC(=O)[C@H](Cc2cnc[nH]2)NC(=O)[C@H](CC(=O)O)NC(=O)[C@H](Cc2c[nH]c3ccc(F)cc23)NC(=O)[C@H](Cc2c[nH]c3ccc(F)cc23)NC(=O)CNC1=O. The average Bonchev–Trinajstić information content (AvgIpc) is 1.64. The number of phenolic OH excluding ortho intramolecular Hbond substituents is 1. The highest BCUT2D eigenvalue weighted by Gasteiger charge is 2.41. The molecule has 32 heteroatoms. The molecule has 7 aromatic rings. The molecule has 28 nitrogen and oxygen atoms in total. The number of thioether (sulfide) groups is 2. The Morgan fingerprint density at radius 2 is 1.21 bits per heavy atom. The van der Waals surface area contributed by atoms with Crippen LogP contribution in [0.25, 0.3) is 21.8 Å². The molecule has 1 fully saturated rings. The van der Waals surface area contributed by atoms with Gasteiger partial charge in [0.25, 0.3) is 0 Å². The van der Waals surface area contributed by atoms with Gasteiger partial charge in [-0.25, -0.2) is 13.8 Å². The molecule has 3 aromatic heterocycles. The van der Waals surface area contributed by atoms with Gasteiger partial charge in [-0.15, -0.1) is 0 Å². The summed E-state index contributed by atoms with van der Waals surface area (Å²) >= 11 is 2.79. The molecule has 8 atom stereocenters. The van der Waals surface area contributed by atoms with E-state index in [9.17, 15) is 57.4 Å². The smallest absolute Gasteiger partial charge is 0.305 e. The number of halogens is 2. The van der Waals surface area contributed by atoms with Gasteiger partial charge in [0.2, 0.25) is 59.1 Å². The van der Waals surface area contributed by atoms with Gasteiger partial charge in [-0.3, -0.25) is 52.7 Å². The predicted octanol–water partition coefficient (Wildman–Crippen LogP) is 1.79. The van der Waals surface area contributed by atoms with Crippen LogP contribution in [0.2, 0.25) is 0 Å². The Hall–Kier alpha value is -10.3. The maximum atomic E-state index is 15.0. The number of hydrogen-bond donors (Lipinski definition) is 15. The van der Waals surface area contributed by atoms with Gasteiger partial charge in [-0.1, -0.05) is 36.4 Å². The van der Waals surface area contributed by atoms with Crippen LogP contribution in [0.1, 0.15) is 78.5 Å². The molecule has 4 aromatic carbocycles. The zero-order valence-electron chi connectivity index (χ0n) is 54.2. The van der Waals surface area contributed by atoms with Gasteiger partial charge < -0.3 is 84.1 Å². The normalized spacial score (nSPS) is 22.1. The summed E-state index contributed by atoms with van der Waals surface area (Å²) in [6.07, 6.45) is 4.52. The molecule has 0 unspecified atom stereocenters. The minimum absolute atomic E-state index is 0.0105. The Balaban J connectivity index is 1.05. The second kappa shape index (κ2) is 35.4. The maximum absolute atomic E-state index is 15.0. The van der Waals surface area contributed by atoms with Crippen LogP contribution in [-0.4, -0.2) is 180 Å². The maximum Gasteiger partial charge on any atom is 0.305 e. The third-order valence-corrected chi connectivity index (χ3v) is 19.1. The van der Waals surface area contributed by atoms with Crippen molar-refractivity contribution in [2.24, 2.45) is 11.5 Å². The molecule has 0 spiro atoms. The van der Waals surface area contributed by atoms with E-state index < -0.39 is 144 Å². The number of aromatic nitrogens is 4. The summed E-state index contributed by atoms with van der Waals surface area (Å²) in [6.45, 7) is -0.409. The van der Waals surface area contributed by atoms with Crippen molar-refractivity contribution in [3.63, 3.8) is 0 Å². The topological polar surface area (TPSA) is 440 Å². The lowest BCUT2D eigenvalue weighted by Crippen LogP contribution is -2.61. The van der Waals surface area contributed by atoms with Crippen LogP contribution in [0.15, 0.2) is 110 Å². The number of carboxylic acids is 1. The summed E-state index contributed by atoms with van der Waals surface area (Å²) in [7, 11) is 0. The second-order valence-electron chi connectivity index (χ2n) is 24.4. The molecule has 0 aliphatic carbocycles. The number of amides is 10. The van der Waals surface area contributed by atoms with Crippen molar-refractivity contribution in [2.75, 3.05) is 31.1 Å². The van der Waals surface area contributed by atoms with Crippen molar-refractivity contribution in [3.8, 4) is 5.75 Å². The highest BCUT2D eigenvalue weighted by atomic mass is 32.2. The fourth-order valence-corrected chi connectivity index (χ4v) is 13.8. The number of aliphatic carboxylic acids is 1. The van der Waals surface area contributed by atoms with Gasteiger partial charge in [0.05, 0.1) is 19.3 Å². The van der Waals surface area contributed by atoms with Crippen LogP contribution in [0.5, 0.6) is 5.75 Å². The van der Waals surface area contributed by atoms with E-state index in [1.54, 1.807) is 0 Å². The molecular weight excluding hydrogens is 1340 g/mol. The van der Waals surface area contributed by atoms with Crippen molar-refractivity contribution in [3.05, 3.63) is 155 Å². The number of aromatic amines is 3. The van der Waals surface area contributed by atoms with Gasteiger partial charge in [0, 0.05) is 108 Å². The fraction of sp³-hybridized carbons (Fsp3) is 0.382. The van der Waals surface area contributed by atoms with Crippen LogP contribution in [0.3, 0.4) is 0 Å². The zero-order chi connectivity index (χ0) is 71.4. The van der Waals surface area contributed by atoms with Crippen LogP contribution >= 0.6 is 23.5 Å². The molecule has 1 saturated heterocycles. The van der Waals surface area contributed by atoms with E-state index in [0.29, 0.717) is 70.6 Å². The largest absolute Gasteiger partial charge is 0.508 e. The summed E-state index contributed by atoms with van der Waals surface area (Å²) in [5.41, 5.74) is 15.5. The monoisotopic (exact) mass is 1420 g/mol. The summed E-state index contributed by atoms with van der Waals surface area (Å²) < 4.78 is 29.8. The molecule has 0 radical (unpaired) electrons. The lowest BCUT2D eigenvalue weighted by Gasteiger charge is -2.31. The van der Waals surface area contributed by atoms with Crippen molar-refractivity contribution in [2.45, 2.75) is 130 Å². The lowest BCUT2D eigenvalue weighted by molar-refractivity contribution is -0.143. The molecule has 530 valence electrons. The first-order valence-electron chi connectivity index (χ1n) is 32.5. The summed E-state index contributed by atoms with van der Waals surface area (Å²) in [5, 5.41) is 42.0. The highest BCUT2D eigenvalue weighted by Crippen LogP contribution is 2.26. The van der Waals surface area contributed by atoms with Crippen LogP contribution in [0, 0.1) is 11.6 Å². The van der Waals surface area contributed by atoms with Crippen molar-refractivity contribution in [1.29, 1.82) is 0 Å². The Morgan fingerprint density at radius 3 is 1.82 bits per heavy atom. The molecule has 10 amide bonds. The number of nitrogens with one attached hydrogen (secondary N) is 11. The number of phenols is 1. The molecule has 2 aliphatic heterocycles. The number of benzene rings is 4. The van der Waals surface area contributed by atoms with E-state index in [-0.39, 0.29) is 73.2 Å². The van der Waals surface area contributed by atoms with Crippen LogP contribution in [-0.2, 0) is 89.9 Å². The Kier molecular flexibility index (Phi) is 26.2. The number of aromatic hydroxyl groups is 1. The molecule has 0 saturated carbocycles. The van der Waals surface area contributed by atoms with Gasteiger partial charge in [0.1, 0.15) is 65.7 Å². The molecule has 2 bridgehead atoms. The number of primary amides is 1. The third kappa shape index (κ3) is 20.9. The standard InChI is InChI=1S/C68H79F2N15O13S2/c69-42-11-15-48-46(25-42)40(29-74-48)23-51-63(93)80-52(24-41-30-75-49-16-12-43(70)26-47(41)49)64(94)82-54(28-60(89)90)66(96)81-53(27-44-31-73-36-77-44)65(95)83-55(22-37-9-13-45(86)14-10-37)68(98)85-19-4-8-57(85)67(97)84-56(61(72)91)35-100-34-39-6-3-5-38(21-39)33-99-20-17-58(87)78-50(7-1-2-18-71)62(92)76-32-59(88)79-51/h3,5-6,9-16,21,25-26,29-31,36,50-57,74-75,86H,1-2,4,7-8,17-20,22-24,27-28,32-35,71H2,(H2,72,91)(H,73,77)(H,76,92)(H,78,87)(H,79,88)(H,80,93)(H,81,96)(H,82,94)(H,83,95)(H,84,97)(H,89,90)/t50-,51-,52-,53-,54-,55-,56+,57-/m0/s1. The summed E-state index contributed by atoms with van der Waals surface area (Å²) in [5.74, 6) is -10.6. The van der Waals surface area contributed by atoms with E-state index in [2.05, 4.69) is 62.5 Å². The number of fused-ring (bicyclic) bond motifs is 5. The molecular formula is C68H79F2N15O13S2. The van der Waals surface area contributed by atoms with E-state index in [1.165, 1.54) is 108 Å². The van der Waals surface area contributed by atoms with E-state index in [4.69, 9.17) is 11.5 Å². The Bertz CT molecular complexity index is 4100. The average molecular weight is 1420 g/mol. The van der Waals surface area contributed by atoms with Crippen LogP contribution in [0.4, 0.5) is 8.78 Å². The summed E-state index contributed by atoms with van der Waals surface area (Å²) in [6, 6.07) is 8.87. The van der Waals surface area contributed by atoms with E-state index >= 15 is 14.4 Å². The Labute approximate surface area is 580 Å². The Morgan fingerprint density at radius 1 is 0.620 bits per heavy atom. The number of nitrogens with two attached hydrogens (primary N) is 2. The fourth-order valence-electron chi connectivity index (χ4n) is 11.9. The number of carbonyl (C=O) groups is 11. The minimum Gasteiger partial charge on any atom is -0.508 e. The first-order chi connectivity index (χ1) is 48.1. The predicted molar refractivity (Wildman–Crippen MR) is 367 cm³/mol. The van der Waals surface area contributed by atoms with Gasteiger partial charge in [-0.05, 0) is 115 Å². The number of nitrogens with zero attached hydrogens (tertiary/aromatic N) is 2. The molecule has 17 N–H and O–H groups in total. The molecule has 9 rings (SSSR count). The number of hydrogen-bond acceptors (Lipinski definition) is 16. The highest BCUT2D eigenvalue weighted by molar-refractivity contribution is 7.98. The van der Waals surface area contributed by atoms with Crippen molar-refractivity contribution < 1.29 is 71.7 Å². The minimum atomic E-state index is -2.04. The van der Waals surface area contributed by atoms with Gasteiger partial charge in [0.15, 0.2) is 0 Å². The first kappa shape index (κ1) is 73.9. The second-order valence-corrected chi connectivity index (χ2v) is 26.6. The number of carbonyl (C=O) groups excluding carboxylic acids is 10. The van der Waals surface area contributed by atoms with Crippen LogP contribution < -0.4 is 54.0 Å². The summed E-state index contributed by atoms with van der Waals surface area (Å²) in [4.78, 5) is 170. The number of carboxylic acid groups (broad SMARTS) is 1. The van der Waals surface area contributed by atoms with E-state index in [1.807, 2.05) is 24.3 Å². The number of H-pyrrole nitrogens is 3. The number of rotatable bonds is 15. The third-order valence-electron chi connectivity index (χ3n) is 17.0. The number of imidazole rings is 1. The molecule has 5 heterocycles. The lowest BCUT2D eigenvalue weighted by atomic mass is 10.0. The quantitative estimate of drug-likeness (QED) is 0.0651. The van der Waals surface area contributed by atoms with Gasteiger partial charge >= 0.3 is 5.97 Å². The van der Waals surface area contributed by atoms with E-state index in [0.717, 1.165) is 17.2 Å². The first-order valence-corrected chi connectivity index (χ1v) is 34.8. The zero-order valence-corrected chi connectivity index (χ0v) is 55.9. The molecule has 2 aliphatic rings. The van der Waals surface area contributed by atoms with Gasteiger partial charge in [-0.2, -0.15) is 23.5 Å².